The number of nitrogens with zero attached hydrogens (tertiary/aromatic N) is 1. The van der Waals surface area contributed by atoms with E-state index in [0.717, 1.165) is 17.7 Å². The standard InChI is InChI=1S/C17H27N3O3S/c1-13(2)7-9-23-15-6-5-14(11-16(15)22-4)12-19-20-17(24)18-8-10-21-3/h5-6,11-13H,7-10H2,1-4H3,(H2,18,20,24)/b19-12+. The molecule has 0 heterocycles. The summed E-state index contributed by atoms with van der Waals surface area (Å²) in [4.78, 5) is 0. The predicted octanol–water partition coefficient (Wildman–Crippen LogP) is 2.56. The van der Waals surface area contributed by atoms with Crippen molar-refractivity contribution in [2.45, 2.75) is 20.3 Å². The molecule has 0 fully saturated rings. The summed E-state index contributed by atoms with van der Waals surface area (Å²) in [5, 5.41) is 7.51. The largest absolute Gasteiger partial charge is 0.493 e. The molecule has 24 heavy (non-hydrogen) atoms. The number of hydrazone groups is 1. The monoisotopic (exact) mass is 353 g/mol. The van der Waals surface area contributed by atoms with Crippen LogP contribution in [0, 0.1) is 5.92 Å². The first-order chi connectivity index (χ1) is 11.6. The van der Waals surface area contributed by atoms with Crippen molar-refractivity contribution in [2.24, 2.45) is 11.0 Å². The Hall–Kier alpha value is -1.86. The van der Waals surface area contributed by atoms with Gasteiger partial charge < -0.3 is 19.5 Å². The molecule has 1 aromatic rings. The molecular weight excluding hydrogens is 326 g/mol. The van der Waals surface area contributed by atoms with E-state index in [9.17, 15) is 0 Å². The minimum Gasteiger partial charge on any atom is -0.493 e. The number of hydrogen-bond donors (Lipinski definition) is 2. The van der Waals surface area contributed by atoms with E-state index in [1.54, 1.807) is 20.4 Å². The normalized spacial score (nSPS) is 10.9. The number of methoxy groups -OCH3 is 2. The molecule has 0 spiro atoms. The number of nitrogens with one attached hydrogen (secondary N) is 2. The molecule has 7 heteroatoms. The average molecular weight is 353 g/mol. The second-order valence-corrected chi connectivity index (χ2v) is 5.97. The van der Waals surface area contributed by atoms with Crippen molar-refractivity contribution >= 4 is 23.5 Å². The molecule has 0 unspecified atom stereocenters. The van der Waals surface area contributed by atoms with E-state index in [-0.39, 0.29) is 0 Å². The van der Waals surface area contributed by atoms with Gasteiger partial charge in [0.1, 0.15) is 0 Å². The summed E-state index contributed by atoms with van der Waals surface area (Å²) in [5.41, 5.74) is 3.64. The lowest BCUT2D eigenvalue weighted by atomic mass is 10.1. The predicted molar refractivity (Wildman–Crippen MR) is 101 cm³/mol. The van der Waals surface area contributed by atoms with Gasteiger partial charge in [0.15, 0.2) is 16.6 Å². The van der Waals surface area contributed by atoms with Gasteiger partial charge in [0, 0.05) is 13.7 Å². The molecule has 6 nitrogen and oxygen atoms in total. The fourth-order valence-electron chi connectivity index (χ4n) is 1.76. The van der Waals surface area contributed by atoms with E-state index in [0.29, 0.717) is 36.5 Å². The number of benzene rings is 1. The Morgan fingerprint density at radius 2 is 2.04 bits per heavy atom. The zero-order valence-corrected chi connectivity index (χ0v) is 15.6. The van der Waals surface area contributed by atoms with E-state index in [1.807, 2.05) is 18.2 Å². The van der Waals surface area contributed by atoms with Crippen molar-refractivity contribution in [3.05, 3.63) is 23.8 Å². The smallest absolute Gasteiger partial charge is 0.187 e. The van der Waals surface area contributed by atoms with Crippen molar-refractivity contribution in [2.75, 3.05) is 34.0 Å². The van der Waals surface area contributed by atoms with Gasteiger partial charge in [0.05, 0.1) is 26.5 Å². The summed E-state index contributed by atoms with van der Waals surface area (Å²) in [7, 11) is 3.26. The van der Waals surface area contributed by atoms with Gasteiger partial charge in [0.25, 0.3) is 0 Å². The summed E-state index contributed by atoms with van der Waals surface area (Å²) in [6.45, 7) is 6.23. The molecule has 134 valence electrons. The summed E-state index contributed by atoms with van der Waals surface area (Å²) in [5.74, 6) is 2.03. The van der Waals surface area contributed by atoms with Crippen LogP contribution in [-0.4, -0.2) is 45.3 Å². The highest BCUT2D eigenvalue weighted by molar-refractivity contribution is 7.80. The highest BCUT2D eigenvalue weighted by Crippen LogP contribution is 2.27. The van der Waals surface area contributed by atoms with Crippen LogP contribution >= 0.6 is 12.2 Å². The van der Waals surface area contributed by atoms with Crippen LogP contribution in [0.3, 0.4) is 0 Å². The third-order valence-electron chi connectivity index (χ3n) is 3.11. The molecule has 0 aromatic heterocycles. The third kappa shape index (κ3) is 8.12. The van der Waals surface area contributed by atoms with Gasteiger partial charge in [-0.1, -0.05) is 13.8 Å². The second kappa shape index (κ2) is 11.6. The summed E-state index contributed by atoms with van der Waals surface area (Å²) >= 11 is 5.08. The third-order valence-corrected chi connectivity index (χ3v) is 3.35. The molecule has 0 bridgehead atoms. The summed E-state index contributed by atoms with van der Waals surface area (Å²) < 4.78 is 16.1. The summed E-state index contributed by atoms with van der Waals surface area (Å²) in [6, 6.07) is 5.67. The second-order valence-electron chi connectivity index (χ2n) is 5.56. The first kappa shape index (κ1) is 20.2. The SMILES string of the molecule is COCCNC(=S)N/N=C/c1ccc(OCCC(C)C)c(OC)c1. The van der Waals surface area contributed by atoms with Gasteiger partial charge in [-0.2, -0.15) is 5.10 Å². The lowest BCUT2D eigenvalue weighted by Gasteiger charge is -2.12. The summed E-state index contributed by atoms with van der Waals surface area (Å²) in [6.07, 6.45) is 2.68. The van der Waals surface area contributed by atoms with Crippen molar-refractivity contribution < 1.29 is 14.2 Å². The molecule has 0 aliphatic carbocycles. The maximum Gasteiger partial charge on any atom is 0.187 e. The van der Waals surface area contributed by atoms with Gasteiger partial charge in [-0.15, -0.1) is 0 Å². The Kier molecular flexibility index (Phi) is 9.79. The molecule has 0 atom stereocenters. The van der Waals surface area contributed by atoms with Gasteiger partial charge in [-0.05, 0) is 48.3 Å². The Morgan fingerprint density at radius 1 is 1.25 bits per heavy atom. The van der Waals surface area contributed by atoms with Gasteiger partial charge >= 0.3 is 0 Å². The highest BCUT2D eigenvalue weighted by atomic mass is 32.1. The molecule has 0 aliphatic heterocycles. The molecule has 1 aromatic carbocycles. The fourth-order valence-corrected chi connectivity index (χ4v) is 1.91. The van der Waals surface area contributed by atoms with E-state index in [1.165, 1.54) is 0 Å². The first-order valence-corrected chi connectivity index (χ1v) is 8.34. The molecule has 0 aliphatic rings. The Labute approximate surface area is 149 Å². The van der Waals surface area contributed by atoms with Crippen LogP contribution < -0.4 is 20.2 Å². The zero-order valence-electron chi connectivity index (χ0n) is 14.8. The number of rotatable bonds is 10. The van der Waals surface area contributed by atoms with Crippen molar-refractivity contribution in [1.29, 1.82) is 0 Å². The van der Waals surface area contributed by atoms with Gasteiger partial charge in [-0.25, -0.2) is 0 Å². The quantitative estimate of drug-likeness (QED) is 0.292. The van der Waals surface area contributed by atoms with Gasteiger partial charge in [0.2, 0.25) is 0 Å². The Balaban J connectivity index is 2.54. The number of thiocarbonyl (C=S) groups is 1. The van der Waals surface area contributed by atoms with Crippen LogP contribution in [0.5, 0.6) is 11.5 Å². The molecule has 1 rings (SSSR count). The maximum absolute atomic E-state index is 5.76. The van der Waals surface area contributed by atoms with Crippen LogP contribution in [0.1, 0.15) is 25.8 Å². The van der Waals surface area contributed by atoms with Crippen LogP contribution in [0.2, 0.25) is 0 Å². The molecule has 0 saturated carbocycles. The molecule has 2 N–H and O–H groups in total. The Morgan fingerprint density at radius 3 is 2.71 bits per heavy atom. The van der Waals surface area contributed by atoms with Gasteiger partial charge in [-0.3, -0.25) is 5.43 Å². The maximum atomic E-state index is 5.76. The van der Waals surface area contributed by atoms with Crippen LogP contribution in [0.25, 0.3) is 0 Å². The van der Waals surface area contributed by atoms with E-state index in [2.05, 4.69) is 29.7 Å². The molecule has 0 amide bonds. The van der Waals surface area contributed by atoms with Crippen LogP contribution in [0.15, 0.2) is 23.3 Å². The average Bonchev–Trinajstić information content (AvgIpc) is 2.55. The Bertz CT molecular complexity index is 536. The molecule has 0 radical (unpaired) electrons. The lowest BCUT2D eigenvalue weighted by Crippen LogP contribution is -2.34. The van der Waals surface area contributed by atoms with Crippen molar-refractivity contribution in [3.8, 4) is 11.5 Å². The van der Waals surface area contributed by atoms with Crippen LogP contribution in [-0.2, 0) is 4.74 Å². The number of ether oxygens (including phenoxy) is 3. The van der Waals surface area contributed by atoms with E-state index < -0.39 is 0 Å². The minimum absolute atomic E-state index is 0.448. The topological polar surface area (TPSA) is 64.1 Å². The number of hydrogen-bond acceptors (Lipinski definition) is 5. The minimum atomic E-state index is 0.448. The lowest BCUT2D eigenvalue weighted by molar-refractivity contribution is 0.204. The van der Waals surface area contributed by atoms with E-state index in [4.69, 9.17) is 26.4 Å². The molecule has 0 saturated heterocycles. The highest BCUT2D eigenvalue weighted by Gasteiger charge is 2.05. The molecular formula is C17H27N3O3S. The van der Waals surface area contributed by atoms with Crippen molar-refractivity contribution in [3.63, 3.8) is 0 Å². The van der Waals surface area contributed by atoms with E-state index >= 15 is 0 Å². The van der Waals surface area contributed by atoms with Crippen molar-refractivity contribution in [1.82, 2.24) is 10.7 Å². The fraction of sp³-hybridized carbons (Fsp3) is 0.529. The van der Waals surface area contributed by atoms with Crippen LogP contribution in [0.4, 0.5) is 0 Å². The zero-order chi connectivity index (χ0) is 17.8. The first-order valence-electron chi connectivity index (χ1n) is 7.93.